The highest BCUT2D eigenvalue weighted by atomic mass is 32.2. The molecule has 0 radical (unpaired) electrons. The summed E-state index contributed by atoms with van der Waals surface area (Å²) in [5.41, 5.74) is 2.83. The van der Waals surface area contributed by atoms with Crippen molar-refractivity contribution < 1.29 is 9.47 Å². The van der Waals surface area contributed by atoms with Gasteiger partial charge in [0.15, 0.2) is 16.9 Å². The first-order valence-corrected chi connectivity index (χ1v) is 8.62. The van der Waals surface area contributed by atoms with E-state index in [2.05, 4.69) is 0 Å². The minimum atomic E-state index is 0.0295. The maximum Gasteiger partial charge on any atom is 0.182 e. The molecule has 0 spiro atoms. The molecule has 0 fully saturated rings. The topological polar surface area (TPSA) is 40.5 Å². The van der Waals surface area contributed by atoms with E-state index in [9.17, 15) is 4.79 Å². The second-order valence-corrected chi connectivity index (χ2v) is 5.93. The highest BCUT2D eigenvalue weighted by Crippen LogP contribution is 2.29. The molecule has 4 nitrogen and oxygen atoms in total. The molecule has 23 heavy (non-hydrogen) atoms. The molecule has 2 aromatic rings. The Hall–Kier alpha value is -2.14. The molecule has 5 heteroatoms. The van der Waals surface area contributed by atoms with Crippen molar-refractivity contribution >= 4 is 24.0 Å². The maximum atomic E-state index is 11.5. The van der Waals surface area contributed by atoms with E-state index in [4.69, 9.17) is 9.47 Å². The molecule has 1 aromatic carbocycles. The third-order valence-electron chi connectivity index (χ3n) is 3.40. The Morgan fingerprint density at radius 3 is 2.43 bits per heavy atom. The van der Waals surface area contributed by atoms with Crippen LogP contribution in [-0.2, 0) is 0 Å². The van der Waals surface area contributed by atoms with Gasteiger partial charge in [0.05, 0.1) is 7.11 Å². The number of ether oxygens (including phenoxy) is 2. The Morgan fingerprint density at radius 1 is 1.13 bits per heavy atom. The lowest BCUT2D eigenvalue weighted by molar-refractivity contribution is 0.344. The van der Waals surface area contributed by atoms with Crippen LogP contribution in [0.1, 0.15) is 17.0 Å². The van der Waals surface area contributed by atoms with Gasteiger partial charge in [0.25, 0.3) is 0 Å². The van der Waals surface area contributed by atoms with Gasteiger partial charge in [-0.25, -0.2) is 0 Å². The number of rotatable bonds is 6. The first kappa shape index (κ1) is 17.2. The smallest absolute Gasteiger partial charge is 0.182 e. The number of thioether (sulfide) groups is 1. The quantitative estimate of drug-likeness (QED) is 0.755. The molecule has 0 N–H and O–H groups in total. The molecular weight excluding hydrogens is 310 g/mol. The summed E-state index contributed by atoms with van der Waals surface area (Å²) in [4.78, 5) is 11.5. The number of nitrogens with zero attached hydrogens (tertiary/aromatic N) is 1. The SMILES string of the molecule is COc1ccc(C=Cn2c(C)cc(=O)cc2C)cc1OCSC. The van der Waals surface area contributed by atoms with Crippen molar-refractivity contribution in [1.82, 2.24) is 4.57 Å². The highest BCUT2D eigenvalue weighted by Gasteiger charge is 2.05. The molecule has 1 heterocycles. The third-order valence-corrected chi connectivity index (χ3v) is 3.75. The van der Waals surface area contributed by atoms with E-state index in [0.29, 0.717) is 11.7 Å². The summed E-state index contributed by atoms with van der Waals surface area (Å²) in [6.45, 7) is 3.83. The summed E-state index contributed by atoms with van der Waals surface area (Å²) in [6, 6.07) is 9.05. The van der Waals surface area contributed by atoms with Crippen molar-refractivity contribution in [1.29, 1.82) is 0 Å². The minimum Gasteiger partial charge on any atom is -0.493 e. The fourth-order valence-electron chi connectivity index (χ4n) is 2.30. The number of pyridine rings is 1. The molecule has 0 aliphatic rings. The lowest BCUT2D eigenvalue weighted by Gasteiger charge is -2.11. The van der Waals surface area contributed by atoms with Crippen molar-refractivity contribution in [3.8, 4) is 11.5 Å². The maximum absolute atomic E-state index is 11.5. The molecule has 0 saturated carbocycles. The van der Waals surface area contributed by atoms with Gasteiger partial charge in [0.1, 0.15) is 5.94 Å². The van der Waals surface area contributed by atoms with Crippen LogP contribution in [-0.4, -0.2) is 23.9 Å². The van der Waals surface area contributed by atoms with Gasteiger partial charge in [-0.3, -0.25) is 4.79 Å². The molecule has 0 aliphatic carbocycles. The predicted molar refractivity (Wildman–Crippen MR) is 97.4 cm³/mol. The van der Waals surface area contributed by atoms with Gasteiger partial charge in [-0.1, -0.05) is 6.07 Å². The summed E-state index contributed by atoms with van der Waals surface area (Å²) in [6.07, 6.45) is 5.91. The van der Waals surface area contributed by atoms with Crippen LogP contribution in [0.4, 0.5) is 0 Å². The molecule has 2 rings (SSSR count). The van der Waals surface area contributed by atoms with Gasteiger partial charge in [0, 0.05) is 29.7 Å². The molecule has 0 unspecified atom stereocenters. The number of aryl methyl sites for hydroxylation is 2. The van der Waals surface area contributed by atoms with Crippen molar-refractivity contribution in [3.63, 3.8) is 0 Å². The number of methoxy groups -OCH3 is 1. The summed E-state index contributed by atoms with van der Waals surface area (Å²) in [7, 11) is 1.63. The molecule has 0 aliphatic heterocycles. The van der Waals surface area contributed by atoms with E-state index in [1.807, 2.05) is 55.1 Å². The van der Waals surface area contributed by atoms with Crippen molar-refractivity contribution in [2.24, 2.45) is 0 Å². The highest BCUT2D eigenvalue weighted by molar-refractivity contribution is 7.98. The molecule has 122 valence electrons. The average Bonchev–Trinajstić information content (AvgIpc) is 2.52. The number of hydrogen-bond donors (Lipinski definition) is 0. The van der Waals surface area contributed by atoms with Crippen LogP contribution in [0, 0.1) is 13.8 Å². The van der Waals surface area contributed by atoms with Gasteiger partial charge in [-0.2, -0.15) is 0 Å². The van der Waals surface area contributed by atoms with Gasteiger partial charge in [-0.15, -0.1) is 11.8 Å². The van der Waals surface area contributed by atoms with E-state index >= 15 is 0 Å². The fraction of sp³-hybridized carbons (Fsp3) is 0.278. The normalized spacial score (nSPS) is 11.0. The Kier molecular flexibility index (Phi) is 5.93. The van der Waals surface area contributed by atoms with E-state index in [1.165, 1.54) is 0 Å². The van der Waals surface area contributed by atoms with Crippen LogP contribution in [0.5, 0.6) is 11.5 Å². The summed E-state index contributed by atoms with van der Waals surface area (Å²) in [5, 5.41) is 0. The van der Waals surface area contributed by atoms with Crippen LogP contribution in [0.25, 0.3) is 12.3 Å². The zero-order valence-corrected chi connectivity index (χ0v) is 14.6. The van der Waals surface area contributed by atoms with Gasteiger partial charge in [-0.05, 0) is 43.9 Å². The largest absolute Gasteiger partial charge is 0.493 e. The first-order chi connectivity index (χ1) is 11.0. The van der Waals surface area contributed by atoms with Crippen LogP contribution in [0.2, 0.25) is 0 Å². The number of hydrogen-bond acceptors (Lipinski definition) is 4. The van der Waals surface area contributed by atoms with Gasteiger partial charge < -0.3 is 14.0 Å². The molecule has 0 bridgehead atoms. The Labute approximate surface area is 140 Å². The molecule has 0 amide bonds. The second-order valence-electron chi connectivity index (χ2n) is 5.12. The van der Waals surface area contributed by atoms with Crippen LogP contribution >= 0.6 is 11.8 Å². The zero-order chi connectivity index (χ0) is 16.8. The van der Waals surface area contributed by atoms with Gasteiger partial charge >= 0.3 is 0 Å². The van der Waals surface area contributed by atoms with Crippen LogP contribution in [0.15, 0.2) is 35.1 Å². The van der Waals surface area contributed by atoms with Crippen molar-refractivity contribution in [2.75, 3.05) is 19.3 Å². The molecule has 0 atom stereocenters. The monoisotopic (exact) mass is 331 g/mol. The van der Waals surface area contributed by atoms with Crippen molar-refractivity contribution in [2.45, 2.75) is 13.8 Å². The summed E-state index contributed by atoms with van der Waals surface area (Å²) in [5.74, 6) is 2.01. The lowest BCUT2D eigenvalue weighted by atomic mass is 10.2. The van der Waals surface area contributed by atoms with Crippen LogP contribution < -0.4 is 14.9 Å². The summed E-state index contributed by atoms with van der Waals surface area (Å²) < 4.78 is 13.0. The summed E-state index contributed by atoms with van der Waals surface area (Å²) >= 11 is 1.61. The third kappa shape index (κ3) is 4.42. The molecule has 0 saturated heterocycles. The Balaban J connectivity index is 2.31. The van der Waals surface area contributed by atoms with Crippen LogP contribution in [0.3, 0.4) is 0 Å². The Morgan fingerprint density at radius 2 is 1.83 bits per heavy atom. The Bertz CT molecular complexity index is 739. The van der Waals surface area contributed by atoms with E-state index in [-0.39, 0.29) is 5.43 Å². The minimum absolute atomic E-state index is 0.0295. The number of aromatic nitrogens is 1. The average molecular weight is 331 g/mol. The van der Waals surface area contributed by atoms with E-state index < -0.39 is 0 Å². The van der Waals surface area contributed by atoms with E-state index in [1.54, 1.807) is 31.0 Å². The first-order valence-electron chi connectivity index (χ1n) is 7.23. The second kappa shape index (κ2) is 7.92. The molecular formula is C18H21NO3S. The fourth-order valence-corrected chi connectivity index (χ4v) is 2.54. The predicted octanol–water partition coefficient (Wildman–Crippen LogP) is 3.80. The zero-order valence-electron chi connectivity index (χ0n) is 13.8. The standard InChI is InChI=1S/C18H21NO3S/c1-13-9-16(20)10-14(2)19(13)8-7-15-5-6-17(21-3)18(11-15)22-12-23-4/h5-11H,12H2,1-4H3. The van der Waals surface area contributed by atoms with Gasteiger partial charge in [0.2, 0.25) is 0 Å². The van der Waals surface area contributed by atoms with Crippen molar-refractivity contribution in [3.05, 3.63) is 57.5 Å². The number of benzene rings is 1. The van der Waals surface area contributed by atoms with E-state index in [0.717, 1.165) is 22.7 Å². The lowest BCUT2D eigenvalue weighted by Crippen LogP contribution is -2.08. The molecule has 1 aromatic heterocycles.